The first-order valence-corrected chi connectivity index (χ1v) is 9.09. The summed E-state index contributed by atoms with van der Waals surface area (Å²) in [5.41, 5.74) is 9.54. The Bertz CT molecular complexity index is 988. The fourth-order valence-corrected chi connectivity index (χ4v) is 3.53. The molecule has 138 valence electrons. The van der Waals surface area contributed by atoms with Crippen molar-refractivity contribution in [3.63, 3.8) is 0 Å². The van der Waals surface area contributed by atoms with Crippen LogP contribution in [0, 0.1) is 11.3 Å². The maximum atomic E-state index is 9.02. The molecule has 1 saturated heterocycles. The average Bonchev–Trinajstić information content (AvgIpc) is 3.06. The molecule has 1 atom stereocenters. The predicted molar refractivity (Wildman–Crippen MR) is 104 cm³/mol. The van der Waals surface area contributed by atoms with E-state index in [1.54, 1.807) is 7.11 Å². The molecule has 0 unspecified atom stereocenters. The van der Waals surface area contributed by atoms with E-state index in [4.69, 9.17) is 20.7 Å². The maximum Gasteiger partial charge on any atom is 0.215 e. The highest BCUT2D eigenvalue weighted by atomic mass is 16.5. The molecule has 0 radical (unpaired) electrons. The largest absolute Gasteiger partial charge is 0.481 e. The molecule has 3 heterocycles. The fourth-order valence-electron chi connectivity index (χ4n) is 3.53. The summed E-state index contributed by atoms with van der Waals surface area (Å²) in [4.78, 5) is 11.7. The first kappa shape index (κ1) is 17.3. The van der Waals surface area contributed by atoms with E-state index >= 15 is 0 Å². The number of fused-ring (bicyclic) bond motifs is 1. The smallest absolute Gasteiger partial charge is 0.215 e. The molecular weight excluding hydrogens is 340 g/mol. The molecule has 7 heteroatoms. The summed E-state index contributed by atoms with van der Waals surface area (Å²) in [6.45, 7) is 2.33. The van der Waals surface area contributed by atoms with Gasteiger partial charge in [-0.3, -0.25) is 4.57 Å². The van der Waals surface area contributed by atoms with Crippen LogP contribution in [-0.2, 0) is 6.54 Å². The minimum atomic E-state index is 0.157. The van der Waals surface area contributed by atoms with Gasteiger partial charge in [0.05, 0.1) is 25.3 Å². The van der Waals surface area contributed by atoms with Crippen LogP contribution in [0.4, 0.5) is 5.95 Å². The topological polar surface area (TPSA) is 93.0 Å². The number of hydrogen-bond acceptors (Lipinski definition) is 6. The molecule has 27 heavy (non-hydrogen) atoms. The summed E-state index contributed by atoms with van der Waals surface area (Å²) >= 11 is 0. The summed E-state index contributed by atoms with van der Waals surface area (Å²) in [5, 5.41) is 9.02. The first-order chi connectivity index (χ1) is 13.2. The molecule has 4 rings (SSSR count). The van der Waals surface area contributed by atoms with E-state index < -0.39 is 0 Å². The van der Waals surface area contributed by atoms with Gasteiger partial charge in [-0.25, -0.2) is 4.98 Å². The number of nitrogens with zero attached hydrogens (tertiary/aromatic N) is 5. The molecule has 0 bridgehead atoms. The highest BCUT2D eigenvalue weighted by molar-refractivity contribution is 5.76. The van der Waals surface area contributed by atoms with Crippen LogP contribution in [0.1, 0.15) is 24.0 Å². The Balaban J connectivity index is 1.78. The lowest BCUT2D eigenvalue weighted by Crippen LogP contribution is -2.44. The fraction of sp³-hybridized carbons (Fsp3) is 0.350. The Hall–Kier alpha value is -3.11. The van der Waals surface area contributed by atoms with Crippen LogP contribution < -0.4 is 15.4 Å². The third-order valence-electron chi connectivity index (χ3n) is 4.92. The van der Waals surface area contributed by atoms with Crippen LogP contribution >= 0.6 is 0 Å². The summed E-state index contributed by atoms with van der Waals surface area (Å²) in [5.74, 6) is 1.44. The Morgan fingerprint density at radius 2 is 2.04 bits per heavy atom. The molecule has 1 aliphatic heterocycles. The third-order valence-corrected chi connectivity index (χ3v) is 4.92. The van der Waals surface area contributed by atoms with Gasteiger partial charge in [0.15, 0.2) is 5.65 Å². The van der Waals surface area contributed by atoms with Crippen LogP contribution in [0.3, 0.4) is 0 Å². The van der Waals surface area contributed by atoms with Crippen LogP contribution in [0.15, 0.2) is 36.4 Å². The highest BCUT2D eigenvalue weighted by Gasteiger charge is 2.23. The van der Waals surface area contributed by atoms with Crippen molar-refractivity contribution in [2.24, 2.45) is 5.73 Å². The second-order valence-corrected chi connectivity index (χ2v) is 6.85. The van der Waals surface area contributed by atoms with Gasteiger partial charge in [-0.1, -0.05) is 12.1 Å². The Morgan fingerprint density at radius 3 is 2.74 bits per heavy atom. The summed E-state index contributed by atoms with van der Waals surface area (Å²) in [6, 6.07) is 13.7. The lowest BCUT2D eigenvalue weighted by atomic mass is 10.1. The van der Waals surface area contributed by atoms with E-state index in [1.165, 1.54) is 0 Å². The van der Waals surface area contributed by atoms with Gasteiger partial charge < -0.3 is 15.4 Å². The molecule has 0 spiro atoms. The van der Waals surface area contributed by atoms with Crippen LogP contribution in [0.2, 0.25) is 0 Å². The monoisotopic (exact) mass is 362 g/mol. The number of nitrogens with two attached hydrogens (primary N) is 1. The normalized spacial score (nSPS) is 17.1. The number of nitriles is 1. The second kappa shape index (κ2) is 7.25. The van der Waals surface area contributed by atoms with Crippen molar-refractivity contribution in [1.82, 2.24) is 14.5 Å². The van der Waals surface area contributed by atoms with E-state index in [1.807, 2.05) is 36.4 Å². The van der Waals surface area contributed by atoms with Crippen LogP contribution in [0.5, 0.6) is 5.88 Å². The number of benzene rings is 1. The number of pyridine rings is 1. The van der Waals surface area contributed by atoms with Crippen molar-refractivity contribution in [2.75, 3.05) is 25.1 Å². The standard InChI is InChI=1S/C20H22N6O/c1-27-18-9-8-17-19(24-18)26(12-15-6-4-14(11-21)5-7-15)20(23-17)25-10-2-3-16(22)13-25/h4-9,16H,2-3,10,12-13,22H2,1H3/t16-/m0/s1. The van der Waals surface area contributed by atoms with Crippen molar-refractivity contribution in [2.45, 2.75) is 25.4 Å². The minimum absolute atomic E-state index is 0.157. The van der Waals surface area contributed by atoms with Crippen molar-refractivity contribution in [3.8, 4) is 11.9 Å². The molecule has 1 fully saturated rings. The lowest BCUT2D eigenvalue weighted by Gasteiger charge is -2.31. The molecule has 7 nitrogen and oxygen atoms in total. The lowest BCUT2D eigenvalue weighted by molar-refractivity contribution is 0.399. The average molecular weight is 362 g/mol. The van der Waals surface area contributed by atoms with Gasteiger partial charge >= 0.3 is 0 Å². The van der Waals surface area contributed by atoms with Gasteiger partial charge in [-0.05, 0) is 36.6 Å². The molecular formula is C20H22N6O. The number of ether oxygens (including phenoxy) is 1. The van der Waals surface area contributed by atoms with Gasteiger partial charge in [0, 0.05) is 25.2 Å². The molecule has 2 N–H and O–H groups in total. The molecule has 0 amide bonds. The Labute approximate surface area is 158 Å². The number of imidazole rings is 1. The molecule has 3 aromatic rings. The molecule has 1 aliphatic rings. The second-order valence-electron chi connectivity index (χ2n) is 6.85. The zero-order valence-corrected chi connectivity index (χ0v) is 15.3. The van der Waals surface area contributed by atoms with Gasteiger partial charge in [0.2, 0.25) is 11.8 Å². The van der Waals surface area contributed by atoms with E-state index in [9.17, 15) is 0 Å². The first-order valence-electron chi connectivity index (χ1n) is 9.09. The van der Waals surface area contributed by atoms with Gasteiger partial charge in [0.1, 0.15) is 5.52 Å². The molecule has 0 aliphatic carbocycles. The number of hydrogen-bond donors (Lipinski definition) is 1. The number of rotatable bonds is 4. The quantitative estimate of drug-likeness (QED) is 0.765. The zero-order chi connectivity index (χ0) is 18.8. The molecule has 1 aromatic carbocycles. The van der Waals surface area contributed by atoms with Crippen LogP contribution in [-0.4, -0.2) is 40.8 Å². The number of anilines is 1. The third kappa shape index (κ3) is 3.44. The molecule has 0 saturated carbocycles. The summed E-state index contributed by atoms with van der Waals surface area (Å²) < 4.78 is 7.42. The van der Waals surface area contributed by atoms with E-state index in [2.05, 4.69) is 20.5 Å². The van der Waals surface area contributed by atoms with E-state index in [-0.39, 0.29) is 6.04 Å². The highest BCUT2D eigenvalue weighted by Crippen LogP contribution is 2.26. The zero-order valence-electron chi connectivity index (χ0n) is 15.3. The van der Waals surface area contributed by atoms with Crippen molar-refractivity contribution in [3.05, 3.63) is 47.5 Å². The van der Waals surface area contributed by atoms with Gasteiger partial charge in [-0.2, -0.15) is 10.2 Å². The van der Waals surface area contributed by atoms with Crippen LogP contribution in [0.25, 0.3) is 11.2 Å². The maximum absolute atomic E-state index is 9.02. The van der Waals surface area contributed by atoms with E-state index in [0.29, 0.717) is 18.0 Å². The Kier molecular flexibility index (Phi) is 4.65. The predicted octanol–water partition coefficient (Wildman–Crippen LogP) is 2.29. The van der Waals surface area contributed by atoms with Gasteiger partial charge in [-0.15, -0.1) is 0 Å². The number of piperidine rings is 1. The summed E-state index contributed by atoms with van der Waals surface area (Å²) in [7, 11) is 1.61. The number of methoxy groups -OCH3 is 1. The van der Waals surface area contributed by atoms with Crippen molar-refractivity contribution in [1.29, 1.82) is 5.26 Å². The van der Waals surface area contributed by atoms with Crippen molar-refractivity contribution < 1.29 is 4.74 Å². The van der Waals surface area contributed by atoms with E-state index in [0.717, 1.165) is 48.6 Å². The SMILES string of the molecule is COc1ccc2nc(N3CCC[C@H](N)C3)n(Cc3ccc(C#N)cc3)c2n1. The van der Waals surface area contributed by atoms with Crippen molar-refractivity contribution >= 4 is 17.1 Å². The molecule has 2 aromatic heterocycles. The minimum Gasteiger partial charge on any atom is -0.481 e. The Morgan fingerprint density at radius 1 is 1.22 bits per heavy atom. The van der Waals surface area contributed by atoms with Gasteiger partial charge in [0.25, 0.3) is 0 Å². The summed E-state index contributed by atoms with van der Waals surface area (Å²) in [6.07, 6.45) is 2.09. The number of aromatic nitrogens is 3.